The van der Waals surface area contributed by atoms with Gasteiger partial charge in [-0.3, -0.25) is 0 Å². The summed E-state index contributed by atoms with van der Waals surface area (Å²) in [6.07, 6.45) is 2.05. The van der Waals surface area contributed by atoms with Crippen molar-refractivity contribution in [3.05, 3.63) is 33.8 Å². The molecule has 0 bridgehead atoms. The number of halogens is 2. The van der Waals surface area contributed by atoms with Crippen molar-refractivity contribution in [3.63, 3.8) is 0 Å². The molecule has 0 N–H and O–H groups in total. The van der Waals surface area contributed by atoms with Gasteiger partial charge in [-0.05, 0) is 42.4 Å². The first-order valence-corrected chi connectivity index (χ1v) is 5.17. The second kappa shape index (κ2) is 5.00. The standard InChI is InChI=1S/C9H10Cl2S/c10-8-4-7(2-1-3-12)5-9(11)6-8/h4-6,12H,1-3H2. The summed E-state index contributed by atoms with van der Waals surface area (Å²) in [5.74, 6) is 0.893. The molecule has 0 heterocycles. The van der Waals surface area contributed by atoms with E-state index in [0.29, 0.717) is 10.0 Å². The Morgan fingerprint density at radius 1 is 1.08 bits per heavy atom. The number of hydrogen-bond donors (Lipinski definition) is 1. The number of thiol groups is 1. The zero-order chi connectivity index (χ0) is 8.97. The molecule has 3 heteroatoms. The van der Waals surface area contributed by atoms with E-state index in [0.717, 1.165) is 18.6 Å². The van der Waals surface area contributed by atoms with Crippen molar-refractivity contribution in [2.24, 2.45) is 0 Å². The van der Waals surface area contributed by atoms with Crippen LogP contribution >= 0.6 is 35.8 Å². The van der Waals surface area contributed by atoms with Gasteiger partial charge < -0.3 is 0 Å². The topological polar surface area (TPSA) is 0 Å². The zero-order valence-corrected chi connectivity index (χ0v) is 8.96. The first-order valence-electron chi connectivity index (χ1n) is 3.78. The molecule has 0 unspecified atom stereocenters. The molecular weight excluding hydrogens is 211 g/mol. The fraction of sp³-hybridized carbons (Fsp3) is 0.333. The minimum atomic E-state index is 0.705. The minimum absolute atomic E-state index is 0.705. The van der Waals surface area contributed by atoms with E-state index < -0.39 is 0 Å². The van der Waals surface area contributed by atoms with Crippen LogP contribution in [0, 0.1) is 0 Å². The Morgan fingerprint density at radius 2 is 1.67 bits per heavy atom. The Morgan fingerprint density at radius 3 is 2.17 bits per heavy atom. The molecule has 1 rings (SSSR count). The lowest BCUT2D eigenvalue weighted by Crippen LogP contribution is -1.86. The van der Waals surface area contributed by atoms with Crippen LogP contribution in [0.1, 0.15) is 12.0 Å². The lowest BCUT2D eigenvalue weighted by Gasteiger charge is -2.00. The Labute approximate surface area is 88.3 Å². The van der Waals surface area contributed by atoms with Crippen LogP contribution in [0.3, 0.4) is 0 Å². The number of rotatable bonds is 3. The van der Waals surface area contributed by atoms with Crippen molar-refractivity contribution < 1.29 is 0 Å². The van der Waals surface area contributed by atoms with Crippen LogP contribution in [-0.4, -0.2) is 5.75 Å². The van der Waals surface area contributed by atoms with Crippen LogP contribution in [0.15, 0.2) is 18.2 Å². The third-order valence-corrected chi connectivity index (χ3v) is 2.30. The molecule has 0 aliphatic carbocycles. The summed E-state index contributed by atoms with van der Waals surface area (Å²) in [6.45, 7) is 0. The summed E-state index contributed by atoms with van der Waals surface area (Å²) in [5, 5.41) is 1.41. The van der Waals surface area contributed by atoms with Gasteiger partial charge >= 0.3 is 0 Å². The lowest BCUT2D eigenvalue weighted by molar-refractivity contribution is 0.936. The summed E-state index contributed by atoms with van der Waals surface area (Å²) in [4.78, 5) is 0. The number of benzene rings is 1. The van der Waals surface area contributed by atoms with Gasteiger partial charge in [-0.2, -0.15) is 12.6 Å². The van der Waals surface area contributed by atoms with E-state index in [1.807, 2.05) is 12.1 Å². The van der Waals surface area contributed by atoms with Crippen molar-refractivity contribution in [2.75, 3.05) is 5.75 Å². The molecule has 0 aliphatic heterocycles. The average molecular weight is 221 g/mol. The molecule has 0 aliphatic rings. The van der Waals surface area contributed by atoms with Crippen LogP contribution in [0.25, 0.3) is 0 Å². The molecule has 0 saturated carbocycles. The van der Waals surface area contributed by atoms with Crippen molar-refractivity contribution >= 4 is 35.8 Å². The third-order valence-electron chi connectivity index (χ3n) is 1.55. The summed E-state index contributed by atoms with van der Waals surface area (Å²) in [5.41, 5.74) is 1.18. The van der Waals surface area contributed by atoms with Gasteiger partial charge in [-0.1, -0.05) is 23.2 Å². The molecule has 0 radical (unpaired) electrons. The normalized spacial score (nSPS) is 10.2. The summed E-state index contributed by atoms with van der Waals surface area (Å²) in [7, 11) is 0. The highest BCUT2D eigenvalue weighted by atomic mass is 35.5. The SMILES string of the molecule is SCCCc1cc(Cl)cc(Cl)c1. The summed E-state index contributed by atoms with van der Waals surface area (Å²) >= 11 is 15.8. The second-order valence-electron chi connectivity index (χ2n) is 2.60. The van der Waals surface area contributed by atoms with E-state index in [1.165, 1.54) is 5.56 Å². The molecular formula is C9H10Cl2S. The largest absolute Gasteiger partial charge is 0.179 e. The van der Waals surface area contributed by atoms with E-state index in [1.54, 1.807) is 6.07 Å². The van der Waals surface area contributed by atoms with Gasteiger partial charge in [0.05, 0.1) is 0 Å². The molecule has 1 aromatic rings. The van der Waals surface area contributed by atoms with Gasteiger partial charge in [0, 0.05) is 10.0 Å². The van der Waals surface area contributed by atoms with Gasteiger partial charge in [-0.25, -0.2) is 0 Å². The number of aryl methyl sites for hydroxylation is 1. The maximum atomic E-state index is 5.83. The summed E-state index contributed by atoms with van der Waals surface area (Å²) < 4.78 is 0. The van der Waals surface area contributed by atoms with Gasteiger partial charge in [0.1, 0.15) is 0 Å². The molecule has 0 amide bonds. The highest BCUT2D eigenvalue weighted by Crippen LogP contribution is 2.19. The van der Waals surface area contributed by atoms with Crippen LogP contribution in [0.4, 0.5) is 0 Å². The van der Waals surface area contributed by atoms with Gasteiger partial charge in [-0.15, -0.1) is 0 Å². The smallest absolute Gasteiger partial charge is 0.0423 e. The predicted octanol–water partition coefficient (Wildman–Crippen LogP) is 3.86. The van der Waals surface area contributed by atoms with Crippen molar-refractivity contribution in [3.8, 4) is 0 Å². The molecule has 0 nitrogen and oxygen atoms in total. The first kappa shape index (κ1) is 10.2. The quantitative estimate of drug-likeness (QED) is 0.736. The van der Waals surface area contributed by atoms with Gasteiger partial charge in [0.15, 0.2) is 0 Å². The van der Waals surface area contributed by atoms with Crippen LogP contribution in [0.2, 0.25) is 10.0 Å². The molecule has 66 valence electrons. The number of hydrogen-bond acceptors (Lipinski definition) is 1. The van der Waals surface area contributed by atoms with E-state index in [-0.39, 0.29) is 0 Å². The molecule has 0 atom stereocenters. The Bertz CT molecular complexity index is 240. The molecule has 1 aromatic carbocycles. The summed E-state index contributed by atoms with van der Waals surface area (Å²) in [6, 6.07) is 5.63. The maximum absolute atomic E-state index is 5.83. The Kier molecular flexibility index (Phi) is 4.27. The van der Waals surface area contributed by atoms with Gasteiger partial charge in [0.25, 0.3) is 0 Å². The fourth-order valence-electron chi connectivity index (χ4n) is 1.04. The maximum Gasteiger partial charge on any atom is 0.0423 e. The van der Waals surface area contributed by atoms with Crippen LogP contribution in [0.5, 0.6) is 0 Å². The van der Waals surface area contributed by atoms with E-state index in [9.17, 15) is 0 Å². The zero-order valence-electron chi connectivity index (χ0n) is 6.56. The molecule has 12 heavy (non-hydrogen) atoms. The molecule has 0 aromatic heterocycles. The average Bonchev–Trinajstić information content (AvgIpc) is 1.99. The van der Waals surface area contributed by atoms with Crippen LogP contribution in [-0.2, 0) is 6.42 Å². The highest BCUT2D eigenvalue weighted by Gasteiger charge is 1.97. The Hall–Kier alpha value is 0.150. The first-order chi connectivity index (χ1) is 5.72. The fourth-order valence-corrected chi connectivity index (χ4v) is 1.77. The Balaban J connectivity index is 2.72. The highest BCUT2D eigenvalue weighted by molar-refractivity contribution is 7.80. The van der Waals surface area contributed by atoms with Crippen LogP contribution < -0.4 is 0 Å². The van der Waals surface area contributed by atoms with E-state index >= 15 is 0 Å². The lowest BCUT2D eigenvalue weighted by atomic mass is 10.1. The van der Waals surface area contributed by atoms with Crippen molar-refractivity contribution in [1.29, 1.82) is 0 Å². The van der Waals surface area contributed by atoms with Gasteiger partial charge in [0.2, 0.25) is 0 Å². The predicted molar refractivity (Wildman–Crippen MR) is 58.6 cm³/mol. The van der Waals surface area contributed by atoms with E-state index in [4.69, 9.17) is 23.2 Å². The van der Waals surface area contributed by atoms with E-state index in [2.05, 4.69) is 12.6 Å². The monoisotopic (exact) mass is 220 g/mol. The molecule has 0 spiro atoms. The molecule has 0 fully saturated rings. The minimum Gasteiger partial charge on any atom is -0.179 e. The third kappa shape index (κ3) is 3.26. The molecule has 0 saturated heterocycles. The van der Waals surface area contributed by atoms with Crippen molar-refractivity contribution in [1.82, 2.24) is 0 Å². The second-order valence-corrected chi connectivity index (χ2v) is 3.92. The van der Waals surface area contributed by atoms with Crippen molar-refractivity contribution in [2.45, 2.75) is 12.8 Å².